The Balaban J connectivity index is 2.16. The Hall–Kier alpha value is -10.7. The topological polar surface area (TPSA) is 653 Å². The lowest BCUT2D eigenvalue weighted by atomic mass is 9.91. The fourth-order valence-corrected chi connectivity index (χ4v) is 13.7. The quantitative estimate of drug-likeness (QED) is 0.0304. The van der Waals surface area contributed by atoms with Crippen LogP contribution in [-0.4, -0.2) is 224 Å². The molecule has 0 saturated carbocycles. The first-order chi connectivity index (χ1) is 57.5. The molecule has 2 heterocycles. The van der Waals surface area contributed by atoms with Crippen LogP contribution in [0.2, 0.25) is 0 Å². The number of amides is 14. The third-order valence-electron chi connectivity index (χ3n) is 21.6. The summed E-state index contributed by atoms with van der Waals surface area (Å²) in [6, 6.07) is -11.0. The van der Waals surface area contributed by atoms with Crippen LogP contribution in [0, 0.1) is 23.7 Å². The Kier molecular flexibility index (Phi) is 46.1. The molecule has 1 aromatic carbocycles. The molecule has 0 aliphatic carbocycles. The molecule has 1 aromatic heterocycles. The van der Waals surface area contributed by atoms with Crippen molar-refractivity contribution < 1.29 is 96.8 Å². The molecule has 1 aliphatic rings. The van der Waals surface area contributed by atoms with Gasteiger partial charge in [-0.15, -0.1) is 0 Å². The van der Waals surface area contributed by atoms with E-state index in [4.69, 9.17) is 28.7 Å². The zero-order chi connectivity index (χ0) is 91.7. The number of primary amides is 1. The number of rotatable bonds is 48. The molecule has 0 unspecified atom stereocenters. The zero-order valence-electron chi connectivity index (χ0n) is 72.5. The second-order valence-corrected chi connectivity index (χ2v) is 33.1. The average molecular weight is 1720 g/mol. The number of nitrogens with two attached hydrogens (primary N) is 5. The van der Waals surface area contributed by atoms with Crippen molar-refractivity contribution in [2.45, 2.75) is 314 Å². The van der Waals surface area contributed by atoms with E-state index in [-0.39, 0.29) is 134 Å². The smallest absolute Gasteiger partial charge is 0.326 e. The number of H-pyrrole nitrogens is 1. The maximum Gasteiger partial charge on any atom is 0.326 e. The summed E-state index contributed by atoms with van der Waals surface area (Å²) >= 11 is 0. The van der Waals surface area contributed by atoms with Crippen molar-refractivity contribution in [1.29, 1.82) is 0 Å². The second-order valence-electron chi connectivity index (χ2n) is 33.1. The first-order valence-corrected chi connectivity index (χ1v) is 42.5. The monoisotopic (exact) mass is 1720 g/mol. The van der Waals surface area contributed by atoms with E-state index in [2.05, 4.69) is 74.1 Å². The van der Waals surface area contributed by atoms with Crippen molar-refractivity contribution in [3.63, 3.8) is 0 Å². The molecule has 0 fully saturated rings. The van der Waals surface area contributed by atoms with Gasteiger partial charge < -0.3 is 118 Å². The van der Waals surface area contributed by atoms with Crippen LogP contribution in [0.5, 0.6) is 0 Å². The number of carboxylic acids is 3. The maximum absolute atomic E-state index is 15.2. The summed E-state index contributed by atoms with van der Waals surface area (Å²) in [4.78, 5) is 241. The molecule has 122 heavy (non-hydrogen) atoms. The number of carboxylic acid groups (broad SMARTS) is 3. The summed E-state index contributed by atoms with van der Waals surface area (Å²) in [6.07, 6.45) is 4.69. The molecule has 39 nitrogen and oxygen atoms in total. The average Bonchev–Trinajstić information content (AvgIpc) is 1.17. The van der Waals surface area contributed by atoms with Gasteiger partial charge >= 0.3 is 17.9 Å². The van der Waals surface area contributed by atoms with Gasteiger partial charge in [-0.2, -0.15) is 0 Å². The van der Waals surface area contributed by atoms with Crippen molar-refractivity contribution >= 4 is 112 Å². The van der Waals surface area contributed by atoms with Crippen molar-refractivity contribution in [3.05, 3.63) is 48.2 Å². The molecule has 1 aliphatic heterocycles. The highest BCUT2D eigenvalue weighted by molar-refractivity contribution is 6.02. The minimum absolute atomic E-state index is 0.0636. The number of carbonyl (C=O) groups excluding carboxylic acids is 14. The second kappa shape index (κ2) is 53.3. The SMILES string of the molecule is CC[C@H](C)[C@H](N)C(=O)N[C@@H](CC(=O)O)C(=O)N[C@@H](Cc1c[nH]c2ccccc12)C(=O)N[C@@H](CCCCN)C(=O)N[C@@H](CCCCN)C(=O)N[C@@]1(C)CCC/C=C\CCC[C@@](C)(C(=O)N[C@@H](CCCCN)C(=O)N[C@@H](CCC(N)=O)C(=O)N[C@H](C(=O)N[C@@H](CC(C)C)C(=O)O)[C@@H](C)CC)NC(=O)[C@H](C)NC(=O)[C@H](CC(=O)O)NC(=O)[C@H](CC(C)C)NC1=O. The molecular formula is C83H137N19O20. The Labute approximate surface area is 713 Å². The van der Waals surface area contributed by atoms with Gasteiger partial charge in [-0.25, -0.2) is 4.79 Å². The van der Waals surface area contributed by atoms with Crippen LogP contribution in [-0.2, 0) is 87.9 Å². The number of unbranched alkanes of at least 4 members (excludes halogenated alkanes) is 3. The highest BCUT2D eigenvalue weighted by Crippen LogP contribution is 2.24. The van der Waals surface area contributed by atoms with Gasteiger partial charge in [0, 0.05) is 29.9 Å². The number of hydrogen-bond acceptors (Lipinski definition) is 21. The van der Waals surface area contributed by atoms with Crippen LogP contribution in [0.25, 0.3) is 10.9 Å². The summed E-state index contributed by atoms with van der Waals surface area (Å²) in [5, 5.41) is 64.7. The lowest BCUT2D eigenvalue weighted by Gasteiger charge is -2.34. The molecule has 0 bridgehead atoms. The van der Waals surface area contributed by atoms with Gasteiger partial charge in [0.2, 0.25) is 82.7 Å². The molecule has 14 amide bonds. The van der Waals surface area contributed by atoms with E-state index in [9.17, 15) is 82.4 Å². The number of para-hydroxylation sites is 1. The van der Waals surface area contributed by atoms with Crippen LogP contribution in [0.1, 0.15) is 229 Å². The van der Waals surface area contributed by atoms with Gasteiger partial charge in [-0.1, -0.05) is 98.6 Å². The standard InChI is InChI=1S/C83H137N19O20/c1-12-48(7)66(88)77(117)96-61(44-65(106)107)75(115)94-59(42-51-45-89-53-29-19-18-28-52(51)53)74(114)91-54(30-20-25-37-84)69(109)92-56(32-22-27-39-86)76(116)102-83(11)36-24-17-15-14-16-23-35-82(10,101-68(108)50(9)90-72(112)60(43-64(104)105)95-73(113)58(40-46(3)4)99-81(83)122)80(121)98-55(31-21-26-38-85)70(110)93-57(33-34-63(87)103)71(111)100-67(49(8)13-2)78(118)97-62(79(119)120)41-47(5)6/h14-15,18-19,28-29,45-50,54-62,66-67,89H,12-13,16-17,20-27,30-44,84-86,88H2,1-11H3,(H2,87,103)(H,90,112)(H,91,114)(H,92,109)(H,93,110)(H,94,115)(H,95,113)(H,96,117)(H,97,118)(H,98,121)(H,99,122)(H,100,111)(H,101,108)(H,102,116)(H,104,105)(H,106,107)(H,119,120)/b15-14-/t48-,49-,50-,54-,55-,56-,57-,58-,59-,60-,61-,62-,66-,67-,82-,83-/m0/s1. The normalized spacial score (nSPS) is 20.6. The van der Waals surface area contributed by atoms with Gasteiger partial charge in [0.1, 0.15) is 77.5 Å². The van der Waals surface area contributed by atoms with Crippen LogP contribution >= 0.6 is 0 Å². The van der Waals surface area contributed by atoms with E-state index < -0.39 is 216 Å². The Bertz CT molecular complexity index is 3890. The third-order valence-corrected chi connectivity index (χ3v) is 21.6. The fourth-order valence-electron chi connectivity index (χ4n) is 13.7. The molecular weight excluding hydrogens is 1580 g/mol. The predicted molar refractivity (Wildman–Crippen MR) is 454 cm³/mol. The first-order valence-electron chi connectivity index (χ1n) is 42.5. The largest absolute Gasteiger partial charge is 0.481 e. The van der Waals surface area contributed by atoms with E-state index in [0.29, 0.717) is 48.6 Å². The molecule has 16 atom stereocenters. The Morgan fingerprint density at radius 2 is 1.02 bits per heavy atom. The lowest BCUT2D eigenvalue weighted by Crippen LogP contribution is -2.65. The Morgan fingerprint density at radius 1 is 0.533 bits per heavy atom. The molecule has 0 spiro atoms. The maximum atomic E-state index is 15.2. The van der Waals surface area contributed by atoms with Gasteiger partial charge in [-0.05, 0) is 191 Å². The summed E-state index contributed by atoms with van der Waals surface area (Å²) in [5.41, 5.74) is 26.7. The number of aromatic amines is 1. The van der Waals surface area contributed by atoms with Crippen molar-refractivity contribution in [3.8, 4) is 0 Å². The predicted octanol–water partition coefficient (Wildman–Crippen LogP) is -0.0785. The highest BCUT2D eigenvalue weighted by Gasteiger charge is 2.44. The highest BCUT2D eigenvalue weighted by atomic mass is 16.4. The van der Waals surface area contributed by atoms with Crippen LogP contribution in [0.15, 0.2) is 42.6 Å². The number of aromatic nitrogens is 1. The fraction of sp³-hybridized carbons (Fsp3) is 0.675. The summed E-state index contributed by atoms with van der Waals surface area (Å²) in [5.74, 6) is -19.1. The van der Waals surface area contributed by atoms with E-state index >= 15 is 14.4 Å². The molecule has 0 radical (unpaired) electrons. The van der Waals surface area contributed by atoms with Crippen LogP contribution in [0.4, 0.5) is 0 Å². The molecule has 684 valence electrons. The third kappa shape index (κ3) is 36.2. The van der Waals surface area contributed by atoms with E-state index in [1.807, 2.05) is 0 Å². The lowest BCUT2D eigenvalue weighted by molar-refractivity contribution is -0.143. The number of fused-ring (bicyclic) bond motifs is 1. The summed E-state index contributed by atoms with van der Waals surface area (Å²) < 4.78 is 0. The van der Waals surface area contributed by atoms with Crippen molar-refractivity contribution in [2.75, 3.05) is 19.6 Å². The van der Waals surface area contributed by atoms with Gasteiger partial charge in [-0.3, -0.25) is 76.7 Å². The summed E-state index contributed by atoms with van der Waals surface area (Å²) in [6.45, 7) is 18.3. The van der Waals surface area contributed by atoms with E-state index in [0.717, 1.165) is 0 Å². The van der Waals surface area contributed by atoms with Crippen LogP contribution in [0.3, 0.4) is 0 Å². The number of carbonyl (C=O) groups is 17. The molecule has 2 aromatic rings. The van der Waals surface area contributed by atoms with Crippen LogP contribution < -0.4 is 97.8 Å². The van der Waals surface area contributed by atoms with Gasteiger partial charge in [0.25, 0.3) is 0 Å². The number of nitrogens with one attached hydrogen (secondary N) is 14. The molecule has 3 rings (SSSR count). The minimum atomic E-state index is -1.96. The molecule has 39 heteroatoms. The molecule has 27 N–H and O–H groups in total. The number of benzene rings is 1. The number of allylic oxidation sites excluding steroid dienone is 2. The van der Waals surface area contributed by atoms with Gasteiger partial charge in [0.15, 0.2) is 0 Å². The molecule has 0 saturated heterocycles. The number of hydrogen-bond donors (Lipinski definition) is 22. The minimum Gasteiger partial charge on any atom is -0.481 e. The first kappa shape index (κ1) is 106. The van der Waals surface area contributed by atoms with E-state index in [1.165, 1.54) is 20.8 Å². The zero-order valence-corrected chi connectivity index (χ0v) is 72.5. The summed E-state index contributed by atoms with van der Waals surface area (Å²) in [7, 11) is 0. The van der Waals surface area contributed by atoms with Crippen molar-refractivity contribution in [1.82, 2.24) is 74.1 Å². The van der Waals surface area contributed by atoms with Gasteiger partial charge in [0.05, 0.1) is 18.9 Å². The Morgan fingerprint density at radius 3 is 1.55 bits per heavy atom. The van der Waals surface area contributed by atoms with E-state index in [1.54, 1.807) is 98.0 Å². The number of aliphatic carboxylic acids is 3. The van der Waals surface area contributed by atoms with Crippen molar-refractivity contribution in [2.24, 2.45) is 52.3 Å².